The van der Waals surface area contributed by atoms with Crippen molar-refractivity contribution in [2.45, 2.75) is 64.1 Å². The van der Waals surface area contributed by atoms with E-state index in [-0.39, 0.29) is 30.8 Å². The predicted molar refractivity (Wildman–Crippen MR) is 236 cm³/mol. The van der Waals surface area contributed by atoms with E-state index in [1.807, 2.05) is 24.3 Å². The van der Waals surface area contributed by atoms with Gasteiger partial charge in [0, 0.05) is 56.3 Å². The second-order valence-electron chi connectivity index (χ2n) is 16.7. The van der Waals surface area contributed by atoms with Crippen molar-refractivity contribution in [3.8, 4) is 5.75 Å². The van der Waals surface area contributed by atoms with Crippen LogP contribution in [0.3, 0.4) is 0 Å². The summed E-state index contributed by atoms with van der Waals surface area (Å²) in [6.07, 6.45) is 3.32. The van der Waals surface area contributed by atoms with Gasteiger partial charge in [0.05, 0.1) is 11.1 Å². The zero-order chi connectivity index (χ0) is 41.8. The summed E-state index contributed by atoms with van der Waals surface area (Å²) in [6.45, 7) is 11.0. The highest BCUT2D eigenvalue weighted by atomic mass is 35.5. The Hall–Kier alpha value is -5.29. The van der Waals surface area contributed by atoms with Crippen LogP contribution in [-0.4, -0.2) is 108 Å². The van der Waals surface area contributed by atoms with Crippen LogP contribution in [0.4, 0.5) is 5.69 Å². The maximum Gasteiger partial charge on any atom is 0.262 e. The molecule has 10 nitrogen and oxygen atoms in total. The molecule has 4 aromatic rings. The highest BCUT2D eigenvalue weighted by molar-refractivity contribution is 6.23. The monoisotopic (exact) mass is 827 g/mol. The standard InChI is InChI=1S/C49H54ClN5O5/c1-33-30-53(31-34(2)54(33)39-15-18-42-43(29-39)49(59)55(48(42)58)44-19-20-45(56)51-47(44)57)32-35-22-25-52(26-23-35)27-28-60-40-16-13-38(14-17-40)46(37-11-7-4-8-12-37)41(21-24-50)36-9-5-3-6-10-36/h3-18,29,33-35,44H,19-28,30-32H2,1-2H3,(H,51,56,57). The van der Waals surface area contributed by atoms with Gasteiger partial charge in [-0.1, -0.05) is 72.8 Å². The number of amides is 4. The molecule has 0 spiro atoms. The number of benzene rings is 4. The number of allylic oxidation sites excluding steroid dienone is 1. The van der Waals surface area contributed by atoms with Crippen LogP contribution in [0.5, 0.6) is 5.75 Å². The number of fused-ring (bicyclic) bond motifs is 1. The Kier molecular flexibility index (Phi) is 12.8. The molecule has 3 unspecified atom stereocenters. The van der Waals surface area contributed by atoms with E-state index >= 15 is 0 Å². The van der Waals surface area contributed by atoms with Gasteiger partial charge in [0.15, 0.2) is 0 Å². The molecular formula is C49H54ClN5O5. The number of piperazine rings is 1. The molecule has 4 aliphatic rings. The average Bonchev–Trinajstić information content (AvgIpc) is 3.50. The molecule has 4 aromatic carbocycles. The molecule has 3 saturated heterocycles. The van der Waals surface area contributed by atoms with E-state index in [2.05, 4.69) is 107 Å². The van der Waals surface area contributed by atoms with Crippen LogP contribution in [0, 0.1) is 5.92 Å². The number of nitrogens with one attached hydrogen (secondary N) is 1. The number of nitrogens with zero attached hydrogens (tertiary/aromatic N) is 4. The number of carbonyl (C=O) groups is 4. The van der Waals surface area contributed by atoms with E-state index in [1.54, 1.807) is 6.07 Å². The topological polar surface area (TPSA) is 102 Å². The van der Waals surface area contributed by atoms with Gasteiger partial charge in [-0.25, -0.2) is 0 Å². The summed E-state index contributed by atoms with van der Waals surface area (Å²) in [5.41, 5.74) is 7.45. The number of imide groups is 2. The van der Waals surface area contributed by atoms with Crippen LogP contribution in [0.15, 0.2) is 103 Å². The first-order chi connectivity index (χ1) is 29.2. The third kappa shape index (κ3) is 8.92. The second-order valence-corrected chi connectivity index (χ2v) is 17.1. The smallest absolute Gasteiger partial charge is 0.262 e. The first kappa shape index (κ1) is 41.4. The van der Waals surface area contributed by atoms with Gasteiger partial charge in [0.2, 0.25) is 11.8 Å². The fraction of sp³-hybridized carbons (Fsp3) is 0.388. The van der Waals surface area contributed by atoms with Crippen molar-refractivity contribution in [3.05, 3.63) is 131 Å². The Morgan fingerprint density at radius 2 is 1.37 bits per heavy atom. The second kappa shape index (κ2) is 18.5. The minimum atomic E-state index is -0.970. The summed E-state index contributed by atoms with van der Waals surface area (Å²) in [6, 6.07) is 34.4. The summed E-state index contributed by atoms with van der Waals surface area (Å²) in [7, 11) is 0. The lowest BCUT2D eigenvalue weighted by Gasteiger charge is -2.47. The van der Waals surface area contributed by atoms with Crippen molar-refractivity contribution in [1.82, 2.24) is 20.0 Å². The molecule has 0 bridgehead atoms. The number of carbonyl (C=O) groups excluding carboxylic acids is 4. The minimum Gasteiger partial charge on any atom is -0.492 e. The Morgan fingerprint density at radius 3 is 2.02 bits per heavy atom. The van der Waals surface area contributed by atoms with E-state index in [1.165, 1.54) is 22.3 Å². The molecule has 4 aliphatic heterocycles. The van der Waals surface area contributed by atoms with Crippen molar-refractivity contribution in [2.24, 2.45) is 5.92 Å². The number of piperidine rings is 2. The molecule has 8 rings (SSSR count). The van der Waals surface area contributed by atoms with Gasteiger partial charge in [-0.05, 0) is 117 Å². The fourth-order valence-electron chi connectivity index (χ4n) is 9.75. The van der Waals surface area contributed by atoms with Crippen molar-refractivity contribution in [3.63, 3.8) is 0 Å². The van der Waals surface area contributed by atoms with E-state index in [9.17, 15) is 19.2 Å². The molecular weight excluding hydrogens is 774 g/mol. The van der Waals surface area contributed by atoms with Gasteiger partial charge in [-0.15, -0.1) is 11.6 Å². The number of anilines is 1. The lowest BCUT2D eigenvalue weighted by molar-refractivity contribution is -0.136. The van der Waals surface area contributed by atoms with Crippen molar-refractivity contribution in [2.75, 3.05) is 56.7 Å². The lowest BCUT2D eigenvalue weighted by atomic mass is 9.88. The molecule has 312 valence electrons. The Morgan fingerprint density at radius 1 is 0.733 bits per heavy atom. The molecule has 3 fully saturated rings. The van der Waals surface area contributed by atoms with Crippen LogP contribution >= 0.6 is 11.6 Å². The van der Waals surface area contributed by atoms with Crippen LogP contribution < -0.4 is 15.0 Å². The molecule has 0 aromatic heterocycles. The van der Waals surface area contributed by atoms with Crippen LogP contribution in [0.1, 0.15) is 83.4 Å². The van der Waals surface area contributed by atoms with Gasteiger partial charge in [0.25, 0.3) is 11.8 Å². The van der Waals surface area contributed by atoms with Crippen LogP contribution in [-0.2, 0) is 9.59 Å². The van der Waals surface area contributed by atoms with Crippen LogP contribution in [0.25, 0.3) is 11.1 Å². The normalized spacial score (nSPS) is 22.1. The van der Waals surface area contributed by atoms with Gasteiger partial charge >= 0.3 is 0 Å². The summed E-state index contributed by atoms with van der Waals surface area (Å²) in [4.78, 5) is 59.4. The number of halogens is 1. The number of hydrogen-bond acceptors (Lipinski definition) is 8. The number of rotatable bonds is 13. The number of alkyl halides is 1. The zero-order valence-electron chi connectivity index (χ0n) is 34.5. The summed E-state index contributed by atoms with van der Waals surface area (Å²) in [5.74, 6) is 0.115. The predicted octanol–water partition coefficient (Wildman–Crippen LogP) is 7.37. The summed E-state index contributed by atoms with van der Waals surface area (Å²) >= 11 is 6.35. The quantitative estimate of drug-likeness (QED) is 0.0848. The highest BCUT2D eigenvalue weighted by Crippen LogP contribution is 2.36. The lowest BCUT2D eigenvalue weighted by Crippen LogP contribution is -2.58. The van der Waals surface area contributed by atoms with Gasteiger partial charge in [-0.2, -0.15) is 0 Å². The first-order valence-corrected chi connectivity index (χ1v) is 21.9. The number of ether oxygens (including phenoxy) is 1. The van der Waals surface area contributed by atoms with E-state index in [0.29, 0.717) is 29.5 Å². The minimum absolute atomic E-state index is 0.0986. The zero-order valence-corrected chi connectivity index (χ0v) is 35.3. The van der Waals surface area contributed by atoms with E-state index < -0.39 is 23.8 Å². The molecule has 0 aliphatic carbocycles. The molecule has 0 radical (unpaired) electrons. The SMILES string of the molecule is CC1CN(CC2CCN(CCOc3ccc(C(=C(CCCl)c4ccccc4)c4ccccc4)cc3)CC2)CC(C)N1c1ccc2c(c1)C(=O)N(C1CCC(=O)NC1=O)C2=O. The third-order valence-corrected chi connectivity index (χ3v) is 12.8. The molecule has 1 N–H and O–H groups in total. The van der Waals surface area contributed by atoms with Crippen molar-refractivity contribution in [1.29, 1.82) is 0 Å². The number of hydrogen-bond donors (Lipinski definition) is 1. The molecule has 0 saturated carbocycles. The molecule has 11 heteroatoms. The summed E-state index contributed by atoms with van der Waals surface area (Å²) in [5, 5.41) is 2.27. The maximum absolute atomic E-state index is 13.5. The maximum atomic E-state index is 13.5. The largest absolute Gasteiger partial charge is 0.492 e. The molecule has 60 heavy (non-hydrogen) atoms. The first-order valence-electron chi connectivity index (χ1n) is 21.4. The van der Waals surface area contributed by atoms with Gasteiger partial charge in [-0.3, -0.25) is 39.2 Å². The average molecular weight is 828 g/mol. The molecule has 4 amide bonds. The van der Waals surface area contributed by atoms with Crippen molar-refractivity contribution >= 4 is 52.1 Å². The molecule has 3 atom stereocenters. The third-order valence-electron chi connectivity index (χ3n) is 12.6. The summed E-state index contributed by atoms with van der Waals surface area (Å²) < 4.78 is 6.28. The van der Waals surface area contributed by atoms with Crippen molar-refractivity contribution < 1.29 is 23.9 Å². The molecule has 4 heterocycles. The Balaban J connectivity index is 0.814. The Bertz CT molecular complexity index is 2210. The Labute approximate surface area is 358 Å². The van der Waals surface area contributed by atoms with E-state index in [4.69, 9.17) is 16.3 Å². The van der Waals surface area contributed by atoms with Gasteiger partial charge < -0.3 is 9.64 Å². The number of likely N-dealkylation sites (tertiary alicyclic amines) is 1. The fourth-order valence-corrected chi connectivity index (χ4v) is 9.93. The van der Waals surface area contributed by atoms with Crippen LogP contribution in [0.2, 0.25) is 0 Å². The highest BCUT2D eigenvalue weighted by Gasteiger charge is 2.45. The van der Waals surface area contributed by atoms with E-state index in [0.717, 1.165) is 80.4 Å². The van der Waals surface area contributed by atoms with Gasteiger partial charge in [0.1, 0.15) is 18.4 Å².